The minimum Gasteiger partial charge on any atom is -0.494 e. The first kappa shape index (κ1) is 23.9. The minimum atomic E-state index is -0.727. The number of aromatic nitrogens is 2. The van der Waals surface area contributed by atoms with Gasteiger partial charge in [-0.2, -0.15) is 0 Å². The minimum absolute atomic E-state index is 0.141. The van der Waals surface area contributed by atoms with Crippen molar-refractivity contribution in [3.63, 3.8) is 0 Å². The lowest BCUT2D eigenvalue weighted by atomic mass is 9.98. The van der Waals surface area contributed by atoms with E-state index in [9.17, 15) is 4.79 Å². The van der Waals surface area contributed by atoms with Crippen molar-refractivity contribution in [1.29, 1.82) is 0 Å². The Morgan fingerprint density at radius 2 is 1.94 bits per heavy atom. The maximum atomic E-state index is 11.0. The quantitative estimate of drug-likeness (QED) is 0.373. The van der Waals surface area contributed by atoms with E-state index < -0.39 is 5.97 Å². The molecule has 1 atom stereocenters. The number of hydrogen-bond donors (Lipinski definition) is 2. The standard InChI is InChI=1S/C28H33N3O3/c1-20-5-7-21(8-6-20)28-30-16-13-24(31-28)4-2-14-29-15-3-17-34-25-11-12-26-22(18-25)9-10-23(26)19-27(32)33/h5-8,11-13,16,18,23,29H,2-4,9-10,14-15,17,19H2,1H3,(H,32,33)/t23-/m0/s1. The predicted octanol–water partition coefficient (Wildman–Crippen LogP) is 4.95. The lowest BCUT2D eigenvalue weighted by molar-refractivity contribution is -0.137. The Labute approximate surface area is 201 Å². The van der Waals surface area contributed by atoms with Crippen LogP contribution >= 0.6 is 0 Å². The number of carboxylic acid groups (broad SMARTS) is 1. The molecule has 178 valence electrons. The number of carbonyl (C=O) groups is 1. The predicted molar refractivity (Wildman–Crippen MR) is 133 cm³/mol. The first-order valence-corrected chi connectivity index (χ1v) is 12.2. The first-order valence-electron chi connectivity index (χ1n) is 12.2. The van der Waals surface area contributed by atoms with Gasteiger partial charge in [-0.1, -0.05) is 35.9 Å². The molecule has 0 saturated heterocycles. The van der Waals surface area contributed by atoms with Crippen LogP contribution in [-0.4, -0.2) is 40.7 Å². The van der Waals surface area contributed by atoms with Gasteiger partial charge in [-0.3, -0.25) is 4.79 Å². The number of rotatable bonds is 12. The third-order valence-electron chi connectivity index (χ3n) is 6.31. The number of ether oxygens (including phenoxy) is 1. The molecule has 0 aliphatic heterocycles. The van der Waals surface area contributed by atoms with Crippen LogP contribution in [0.4, 0.5) is 0 Å². The Hall–Kier alpha value is -3.25. The Morgan fingerprint density at radius 3 is 2.76 bits per heavy atom. The number of nitrogens with one attached hydrogen (secondary N) is 1. The fourth-order valence-corrected chi connectivity index (χ4v) is 4.48. The van der Waals surface area contributed by atoms with Gasteiger partial charge >= 0.3 is 5.97 Å². The zero-order chi connectivity index (χ0) is 23.8. The summed E-state index contributed by atoms with van der Waals surface area (Å²) in [5.41, 5.74) is 5.75. The van der Waals surface area contributed by atoms with E-state index in [-0.39, 0.29) is 12.3 Å². The van der Waals surface area contributed by atoms with Crippen LogP contribution in [0, 0.1) is 6.92 Å². The molecular formula is C28H33N3O3. The molecule has 0 amide bonds. The molecular weight excluding hydrogens is 426 g/mol. The summed E-state index contributed by atoms with van der Waals surface area (Å²) < 4.78 is 5.91. The number of benzene rings is 2. The molecule has 1 aliphatic rings. The van der Waals surface area contributed by atoms with E-state index in [0.717, 1.165) is 68.0 Å². The molecule has 0 bridgehead atoms. The molecule has 1 heterocycles. The number of aliphatic carboxylic acids is 1. The maximum Gasteiger partial charge on any atom is 0.303 e. The van der Waals surface area contributed by atoms with Gasteiger partial charge in [-0.05, 0) is 87.4 Å². The van der Waals surface area contributed by atoms with Gasteiger partial charge in [0, 0.05) is 17.5 Å². The molecule has 0 saturated carbocycles. The van der Waals surface area contributed by atoms with Crippen molar-refractivity contribution in [3.8, 4) is 17.1 Å². The van der Waals surface area contributed by atoms with Crippen LogP contribution in [0.1, 0.15) is 54.0 Å². The molecule has 4 rings (SSSR count). The molecule has 6 heteroatoms. The molecule has 2 N–H and O–H groups in total. The van der Waals surface area contributed by atoms with Crippen LogP contribution in [0.5, 0.6) is 5.75 Å². The fourth-order valence-electron chi connectivity index (χ4n) is 4.48. The molecule has 0 spiro atoms. The topological polar surface area (TPSA) is 84.3 Å². The molecule has 1 aromatic heterocycles. The Bertz CT molecular complexity index is 1100. The summed E-state index contributed by atoms with van der Waals surface area (Å²) in [5, 5.41) is 12.5. The fraction of sp³-hybridized carbons (Fsp3) is 0.393. The summed E-state index contributed by atoms with van der Waals surface area (Å²) in [6.07, 6.45) is 6.78. The summed E-state index contributed by atoms with van der Waals surface area (Å²) in [4.78, 5) is 20.1. The van der Waals surface area contributed by atoms with Gasteiger partial charge in [0.05, 0.1) is 13.0 Å². The second-order valence-electron chi connectivity index (χ2n) is 8.99. The van der Waals surface area contributed by atoms with Crippen molar-refractivity contribution in [2.75, 3.05) is 19.7 Å². The van der Waals surface area contributed by atoms with Gasteiger partial charge in [0.25, 0.3) is 0 Å². The molecule has 0 fully saturated rings. The van der Waals surface area contributed by atoms with Crippen molar-refractivity contribution in [2.24, 2.45) is 0 Å². The summed E-state index contributed by atoms with van der Waals surface area (Å²) in [5.74, 6) is 1.08. The number of aryl methyl sites for hydroxylation is 3. The van der Waals surface area contributed by atoms with Gasteiger partial charge in [0.15, 0.2) is 5.82 Å². The van der Waals surface area contributed by atoms with Gasteiger partial charge in [-0.25, -0.2) is 9.97 Å². The van der Waals surface area contributed by atoms with Crippen LogP contribution in [0.25, 0.3) is 11.4 Å². The summed E-state index contributed by atoms with van der Waals surface area (Å²) in [6.45, 7) is 4.58. The van der Waals surface area contributed by atoms with Gasteiger partial charge in [0.2, 0.25) is 0 Å². The summed E-state index contributed by atoms with van der Waals surface area (Å²) in [7, 11) is 0. The van der Waals surface area contributed by atoms with Crippen LogP contribution in [0.15, 0.2) is 54.7 Å². The van der Waals surface area contributed by atoms with Crippen LogP contribution < -0.4 is 10.1 Å². The first-order chi connectivity index (χ1) is 16.6. The van der Waals surface area contributed by atoms with E-state index in [1.165, 1.54) is 16.7 Å². The number of carboxylic acids is 1. The normalized spacial score (nSPS) is 14.7. The van der Waals surface area contributed by atoms with Crippen molar-refractivity contribution >= 4 is 5.97 Å². The highest BCUT2D eigenvalue weighted by Crippen LogP contribution is 2.37. The highest BCUT2D eigenvalue weighted by Gasteiger charge is 2.24. The van der Waals surface area contributed by atoms with Crippen molar-refractivity contribution in [1.82, 2.24) is 15.3 Å². The van der Waals surface area contributed by atoms with Gasteiger partial charge in [-0.15, -0.1) is 0 Å². The maximum absolute atomic E-state index is 11.0. The summed E-state index contributed by atoms with van der Waals surface area (Å²) in [6, 6.07) is 16.4. The second-order valence-corrected chi connectivity index (χ2v) is 8.99. The van der Waals surface area contributed by atoms with E-state index in [2.05, 4.69) is 47.6 Å². The van der Waals surface area contributed by atoms with Gasteiger partial charge in [0.1, 0.15) is 5.75 Å². The zero-order valence-corrected chi connectivity index (χ0v) is 19.8. The monoisotopic (exact) mass is 459 g/mol. The van der Waals surface area contributed by atoms with Gasteiger partial charge < -0.3 is 15.2 Å². The third kappa shape index (κ3) is 6.64. The van der Waals surface area contributed by atoms with Crippen molar-refractivity contribution < 1.29 is 14.6 Å². The average Bonchev–Trinajstić information content (AvgIpc) is 3.22. The molecule has 2 aromatic carbocycles. The number of hydrogen-bond acceptors (Lipinski definition) is 5. The van der Waals surface area contributed by atoms with Crippen LogP contribution in [0.2, 0.25) is 0 Å². The molecule has 0 unspecified atom stereocenters. The number of nitrogens with zero attached hydrogens (tertiary/aromatic N) is 2. The van der Waals surface area contributed by atoms with Crippen molar-refractivity contribution in [2.45, 2.75) is 51.4 Å². The lowest BCUT2D eigenvalue weighted by Crippen LogP contribution is -2.19. The molecule has 3 aromatic rings. The smallest absolute Gasteiger partial charge is 0.303 e. The van der Waals surface area contributed by atoms with Crippen LogP contribution in [0.3, 0.4) is 0 Å². The second kappa shape index (κ2) is 11.7. The lowest BCUT2D eigenvalue weighted by Gasteiger charge is -2.11. The summed E-state index contributed by atoms with van der Waals surface area (Å²) >= 11 is 0. The Kier molecular flexibility index (Phi) is 8.26. The SMILES string of the molecule is Cc1ccc(-c2nccc(CCCNCCCOc3ccc4c(c3)CC[C@H]4CC(=O)O)n2)cc1. The van der Waals surface area contributed by atoms with Crippen molar-refractivity contribution in [3.05, 3.63) is 77.1 Å². The van der Waals surface area contributed by atoms with E-state index >= 15 is 0 Å². The highest BCUT2D eigenvalue weighted by molar-refractivity contribution is 5.68. The molecule has 34 heavy (non-hydrogen) atoms. The highest BCUT2D eigenvalue weighted by atomic mass is 16.5. The molecule has 0 radical (unpaired) electrons. The molecule has 1 aliphatic carbocycles. The van der Waals surface area contributed by atoms with Crippen LogP contribution in [-0.2, 0) is 17.6 Å². The van der Waals surface area contributed by atoms with E-state index in [1.54, 1.807) is 0 Å². The average molecular weight is 460 g/mol. The largest absolute Gasteiger partial charge is 0.494 e. The van der Waals surface area contributed by atoms with E-state index in [1.807, 2.05) is 24.4 Å². The molecule has 6 nitrogen and oxygen atoms in total. The zero-order valence-electron chi connectivity index (χ0n) is 19.8. The number of fused-ring (bicyclic) bond motifs is 1. The van der Waals surface area contributed by atoms with E-state index in [4.69, 9.17) is 14.8 Å². The van der Waals surface area contributed by atoms with E-state index in [0.29, 0.717) is 6.61 Å². The Balaban J connectivity index is 1.11. The third-order valence-corrected chi connectivity index (χ3v) is 6.31. The Morgan fingerprint density at radius 1 is 1.12 bits per heavy atom.